The number of esters is 1. The molecule has 29 heavy (non-hydrogen) atoms. The Balaban J connectivity index is 2.68. The van der Waals surface area contributed by atoms with Gasteiger partial charge in [0.15, 0.2) is 0 Å². The molecule has 12 heteroatoms. The van der Waals surface area contributed by atoms with Gasteiger partial charge in [-0.1, -0.05) is 12.1 Å². The van der Waals surface area contributed by atoms with Crippen molar-refractivity contribution in [2.75, 3.05) is 6.61 Å². The Kier molecular flexibility index (Phi) is 5.85. The summed E-state index contributed by atoms with van der Waals surface area (Å²) >= 11 is 0. The smallest absolute Gasteiger partial charge is 0.437 e. The lowest BCUT2D eigenvalue weighted by atomic mass is 9.68. The molecule has 1 amide bonds. The quantitative estimate of drug-likeness (QED) is 0.574. The largest absolute Gasteiger partial charge is 0.466 e. The van der Waals surface area contributed by atoms with Gasteiger partial charge in [-0.2, -0.15) is 31.6 Å². The Hall–Kier alpha value is -2.81. The van der Waals surface area contributed by atoms with E-state index >= 15 is 0 Å². The maximum Gasteiger partial charge on any atom is 0.437 e. The predicted octanol–water partition coefficient (Wildman–Crippen LogP) is 2.49. The first-order valence-electron chi connectivity index (χ1n) is 8.12. The van der Waals surface area contributed by atoms with Crippen molar-refractivity contribution in [2.45, 2.75) is 30.9 Å². The minimum atomic E-state index is -5.55. The van der Waals surface area contributed by atoms with Gasteiger partial charge in [0.1, 0.15) is 11.8 Å². The molecule has 1 fully saturated rings. The van der Waals surface area contributed by atoms with Crippen LogP contribution >= 0.6 is 0 Å². The molecule has 0 radical (unpaired) electrons. The summed E-state index contributed by atoms with van der Waals surface area (Å²) in [6, 6.07) is 4.01. The third-order valence-corrected chi connectivity index (χ3v) is 4.50. The number of alkyl halides is 6. The molecule has 2 rings (SSSR count). The van der Waals surface area contributed by atoms with E-state index in [1.165, 1.54) is 18.3 Å². The lowest BCUT2D eigenvalue weighted by Crippen LogP contribution is -2.71. The van der Waals surface area contributed by atoms with Crippen LogP contribution in [0.3, 0.4) is 0 Å². The van der Waals surface area contributed by atoms with Gasteiger partial charge in [0.2, 0.25) is 11.6 Å². The highest BCUT2D eigenvalue weighted by Gasteiger charge is 2.69. The van der Waals surface area contributed by atoms with E-state index in [0.717, 1.165) is 12.1 Å². The first-order chi connectivity index (χ1) is 13.3. The fourth-order valence-electron chi connectivity index (χ4n) is 3.17. The molecule has 1 aliphatic heterocycles. The Morgan fingerprint density at radius 1 is 1.24 bits per heavy atom. The van der Waals surface area contributed by atoms with Gasteiger partial charge >= 0.3 is 18.3 Å². The maximum absolute atomic E-state index is 13.6. The molecule has 0 aliphatic carbocycles. The number of ether oxygens (including phenoxy) is 1. The van der Waals surface area contributed by atoms with Gasteiger partial charge in [0, 0.05) is 5.92 Å². The number of hydrogen-bond donors (Lipinski definition) is 2. The van der Waals surface area contributed by atoms with Gasteiger partial charge in [-0.15, -0.1) is 0 Å². The van der Waals surface area contributed by atoms with E-state index in [0.29, 0.717) is 12.1 Å². The molecule has 0 spiro atoms. The number of carbonyl (C=O) groups is 2. The van der Waals surface area contributed by atoms with Crippen molar-refractivity contribution in [2.24, 2.45) is 11.8 Å². The summed E-state index contributed by atoms with van der Waals surface area (Å²) < 4.78 is 83.7. The first kappa shape index (κ1) is 22.5. The second-order valence-electron chi connectivity index (χ2n) is 6.24. The average molecular weight is 424 g/mol. The minimum absolute atomic E-state index is 0.347. The van der Waals surface area contributed by atoms with Crippen molar-refractivity contribution in [1.29, 1.82) is 5.26 Å². The SMILES string of the molecule is CCOC(=O)C1C(c2ccc(C(F)(F)F)cc2)C(C#N)C(=O)NC1(O)C(F)(F)F. The van der Waals surface area contributed by atoms with E-state index in [2.05, 4.69) is 4.74 Å². The van der Waals surface area contributed by atoms with E-state index in [1.54, 1.807) is 0 Å². The lowest BCUT2D eigenvalue weighted by molar-refractivity contribution is -0.298. The van der Waals surface area contributed by atoms with E-state index in [4.69, 9.17) is 0 Å². The van der Waals surface area contributed by atoms with Gasteiger partial charge in [0.25, 0.3) is 0 Å². The summed E-state index contributed by atoms with van der Waals surface area (Å²) in [6.07, 6.45) is -10.3. The van der Waals surface area contributed by atoms with Gasteiger partial charge in [0.05, 0.1) is 18.2 Å². The summed E-state index contributed by atoms with van der Waals surface area (Å²) in [7, 11) is 0. The van der Waals surface area contributed by atoms with E-state index in [1.807, 2.05) is 0 Å². The van der Waals surface area contributed by atoms with Crippen LogP contribution in [0.1, 0.15) is 24.0 Å². The normalized spacial score (nSPS) is 27.7. The van der Waals surface area contributed by atoms with Crippen LogP contribution < -0.4 is 5.32 Å². The third kappa shape index (κ3) is 4.00. The molecule has 158 valence electrons. The zero-order valence-corrected chi connectivity index (χ0v) is 14.6. The van der Waals surface area contributed by atoms with Crippen molar-refractivity contribution >= 4 is 11.9 Å². The van der Waals surface area contributed by atoms with Crippen LogP contribution in [0.25, 0.3) is 0 Å². The van der Waals surface area contributed by atoms with Crippen LogP contribution in [-0.4, -0.2) is 35.5 Å². The molecule has 0 saturated carbocycles. The van der Waals surface area contributed by atoms with Crippen LogP contribution in [0.15, 0.2) is 24.3 Å². The first-order valence-corrected chi connectivity index (χ1v) is 8.12. The molecule has 6 nitrogen and oxygen atoms in total. The van der Waals surface area contributed by atoms with E-state index in [9.17, 15) is 46.3 Å². The molecule has 4 atom stereocenters. The molecule has 1 saturated heterocycles. The summed E-state index contributed by atoms with van der Waals surface area (Å²) in [5.41, 5.74) is -5.56. The summed E-state index contributed by atoms with van der Waals surface area (Å²) in [5, 5.41) is 20.7. The fourth-order valence-corrected chi connectivity index (χ4v) is 3.17. The third-order valence-electron chi connectivity index (χ3n) is 4.50. The summed E-state index contributed by atoms with van der Waals surface area (Å²) in [5.74, 6) is -9.44. The molecule has 4 unspecified atom stereocenters. The van der Waals surface area contributed by atoms with Crippen molar-refractivity contribution in [1.82, 2.24) is 5.32 Å². The molecule has 1 aliphatic rings. The number of rotatable bonds is 3. The second-order valence-corrected chi connectivity index (χ2v) is 6.24. The van der Waals surface area contributed by atoms with Crippen LogP contribution in [0, 0.1) is 23.2 Å². The van der Waals surface area contributed by atoms with Crippen LogP contribution in [0.5, 0.6) is 0 Å². The van der Waals surface area contributed by atoms with Gasteiger partial charge < -0.3 is 15.2 Å². The minimum Gasteiger partial charge on any atom is -0.466 e. The van der Waals surface area contributed by atoms with Crippen molar-refractivity contribution in [3.05, 3.63) is 35.4 Å². The number of carbonyl (C=O) groups excluding carboxylic acids is 2. The highest BCUT2D eigenvalue weighted by molar-refractivity contribution is 5.88. The number of nitriles is 1. The Bertz CT molecular complexity index is 830. The Morgan fingerprint density at radius 2 is 1.79 bits per heavy atom. The van der Waals surface area contributed by atoms with E-state index in [-0.39, 0.29) is 12.2 Å². The number of hydrogen-bond acceptors (Lipinski definition) is 5. The number of amides is 1. The number of benzene rings is 1. The summed E-state index contributed by atoms with van der Waals surface area (Å²) in [4.78, 5) is 24.4. The molecule has 0 bridgehead atoms. The van der Waals surface area contributed by atoms with Crippen molar-refractivity contribution in [3.8, 4) is 6.07 Å². The fraction of sp³-hybridized carbons (Fsp3) is 0.471. The van der Waals surface area contributed by atoms with Gasteiger partial charge in [-0.25, -0.2) is 0 Å². The van der Waals surface area contributed by atoms with Crippen LogP contribution in [0.4, 0.5) is 26.3 Å². The molecular weight excluding hydrogens is 410 g/mol. The number of nitrogens with one attached hydrogen (secondary N) is 1. The number of piperidine rings is 1. The molecule has 1 aromatic carbocycles. The number of aliphatic hydroxyl groups is 1. The monoisotopic (exact) mass is 424 g/mol. The maximum atomic E-state index is 13.6. The Morgan fingerprint density at radius 3 is 2.21 bits per heavy atom. The number of halogens is 6. The molecule has 0 aromatic heterocycles. The highest BCUT2D eigenvalue weighted by atomic mass is 19.4. The zero-order chi connectivity index (χ0) is 22.2. The lowest BCUT2D eigenvalue weighted by Gasteiger charge is -2.45. The topological polar surface area (TPSA) is 99.4 Å². The molecular formula is C17H14F6N2O4. The molecule has 1 aromatic rings. The average Bonchev–Trinajstić information content (AvgIpc) is 2.59. The number of nitrogens with zero attached hydrogens (tertiary/aromatic N) is 1. The van der Waals surface area contributed by atoms with Gasteiger partial charge in [-0.3, -0.25) is 9.59 Å². The summed E-state index contributed by atoms with van der Waals surface area (Å²) in [6.45, 7) is 0.898. The van der Waals surface area contributed by atoms with Crippen LogP contribution in [0.2, 0.25) is 0 Å². The van der Waals surface area contributed by atoms with Crippen LogP contribution in [-0.2, 0) is 20.5 Å². The molecule has 1 heterocycles. The standard InChI is InChI=1S/C17H14F6N2O4/c1-2-29-14(27)12-11(8-3-5-9(6-4-8)16(18,19)20)10(7-24)13(26)25-15(12,28)17(21,22)23/h3-6,10-12,28H,2H2,1H3,(H,25,26). The Labute approximate surface area is 160 Å². The van der Waals surface area contributed by atoms with Gasteiger partial charge in [-0.05, 0) is 24.6 Å². The predicted molar refractivity (Wildman–Crippen MR) is 82.6 cm³/mol. The van der Waals surface area contributed by atoms with Crippen molar-refractivity contribution < 1.29 is 45.8 Å². The molecule has 2 N–H and O–H groups in total. The van der Waals surface area contributed by atoms with E-state index < -0.39 is 53.3 Å². The van der Waals surface area contributed by atoms with Crippen molar-refractivity contribution in [3.63, 3.8) is 0 Å². The second kappa shape index (κ2) is 7.55. The zero-order valence-electron chi connectivity index (χ0n) is 14.6. The highest BCUT2D eigenvalue weighted by Crippen LogP contribution is 2.48.